The summed E-state index contributed by atoms with van der Waals surface area (Å²) in [5.41, 5.74) is 20.0. The Kier molecular flexibility index (Phi) is 26.4. The number of nitriles is 1. The Hall–Kier alpha value is -5.44. The highest BCUT2D eigenvalue weighted by Crippen LogP contribution is 2.36. The van der Waals surface area contributed by atoms with Crippen LogP contribution in [0.15, 0.2) is 110 Å². The molecule has 0 fully saturated rings. The van der Waals surface area contributed by atoms with Crippen molar-refractivity contribution in [3.8, 4) is 28.3 Å². The lowest BCUT2D eigenvalue weighted by atomic mass is 9.82. The minimum Gasteiger partial charge on any atom is -0.389 e. The number of nitrogen functional groups attached to an aromatic ring is 1. The topological polar surface area (TPSA) is 86.8 Å². The molecule has 0 atom stereocenters. The molecule has 0 spiro atoms. The summed E-state index contributed by atoms with van der Waals surface area (Å²) in [5.74, 6) is 0.570. The van der Waals surface area contributed by atoms with E-state index >= 15 is 0 Å². The lowest BCUT2D eigenvalue weighted by Crippen LogP contribution is -2.19. The summed E-state index contributed by atoms with van der Waals surface area (Å²) in [6, 6.07) is 23.8. The van der Waals surface area contributed by atoms with Gasteiger partial charge in [0.15, 0.2) is 0 Å². The van der Waals surface area contributed by atoms with E-state index in [1.807, 2.05) is 18.3 Å². The van der Waals surface area contributed by atoms with Crippen LogP contribution in [-0.2, 0) is 11.8 Å². The van der Waals surface area contributed by atoms with Gasteiger partial charge in [-0.15, -0.1) is 0 Å². The van der Waals surface area contributed by atoms with Crippen molar-refractivity contribution in [3.63, 3.8) is 0 Å². The molecule has 4 N–H and O–H groups in total. The van der Waals surface area contributed by atoms with E-state index in [4.69, 9.17) is 5.73 Å². The molecule has 0 amide bonds. The molecule has 5 nitrogen and oxygen atoms in total. The molecule has 0 aliphatic heterocycles. The maximum Gasteiger partial charge on any atom is 0.131 e. The van der Waals surface area contributed by atoms with Crippen LogP contribution in [-0.4, -0.2) is 24.6 Å². The molecule has 4 rings (SSSR count). The predicted molar refractivity (Wildman–Crippen MR) is 303 cm³/mol. The second-order valence-electron chi connectivity index (χ2n) is 20.1. The number of allylic oxidation sites excluding steroid dienone is 5. The van der Waals surface area contributed by atoms with Crippen LogP contribution < -0.4 is 16.4 Å². The third-order valence-corrected chi connectivity index (χ3v) is 13.3. The Balaban J connectivity index is 0.901. The quantitative estimate of drug-likeness (QED) is 0.0321. The van der Waals surface area contributed by atoms with Crippen molar-refractivity contribution >= 4 is 24.0 Å². The maximum absolute atomic E-state index is 9.61. The number of aromatic nitrogens is 1. The normalized spacial score (nSPS) is 11.8. The van der Waals surface area contributed by atoms with Gasteiger partial charge in [0, 0.05) is 29.6 Å². The van der Waals surface area contributed by atoms with Crippen molar-refractivity contribution in [2.45, 2.75) is 175 Å². The first kappa shape index (κ1) is 56.2. The highest BCUT2D eigenvalue weighted by atomic mass is 14.9. The third-order valence-electron chi connectivity index (χ3n) is 13.3. The van der Waals surface area contributed by atoms with Gasteiger partial charge in [-0.05, 0) is 166 Å². The molecule has 0 saturated heterocycles. The van der Waals surface area contributed by atoms with Gasteiger partial charge < -0.3 is 16.4 Å². The van der Waals surface area contributed by atoms with Gasteiger partial charge in [0.1, 0.15) is 5.82 Å². The first-order valence-electron chi connectivity index (χ1n) is 26.8. The monoisotopic (exact) mass is 928 g/mol. The van der Waals surface area contributed by atoms with Gasteiger partial charge in [-0.1, -0.05) is 183 Å². The van der Waals surface area contributed by atoms with Gasteiger partial charge in [-0.2, -0.15) is 5.26 Å². The van der Waals surface area contributed by atoms with Crippen molar-refractivity contribution < 1.29 is 0 Å². The molecular formula is C64H89N5. The number of nitrogens with zero attached hydrogens (tertiary/aromatic N) is 2. The number of aryl methyl sites for hydroxylation is 1. The Morgan fingerprint density at radius 1 is 0.681 bits per heavy atom. The van der Waals surface area contributed by atoms with Crippen molar-refractivity contribution in [1.82, 2.24) is 15.6 Å². The van der Waals surface area contributed by atoms with Gasteiger partial charge in [0.25, 0.3) is 0 Å². The van der Waals surface area contributed by atoms with Crippen molar-refractivity contribution in [3.05, 3.63) is 149 Å². The van der Waals surface area contributed by atoms with E-state index in [1.54, 1.807) is 0 Å². The molecule has 0 unspecified atom stereocenters. The predicted octanol–water partition coefficient (Wildman–Crippen LogP) is 17.5. The summed E-state index contributed by atoms with van der Waals surface area (Å²) in [7, 11) is 0. The summed E-state index contributed by atoms with van der Waals surface area (Å²) in [5, 5.41) is 16.8. The maximum atomic E-state index is 9.61. The molecule has 0 aliphatic carbocycles. The molecule has 0 aliphatic rings. The van der Waals surface area contributed by atoms with Crippen LogP contribution in [0.3, 0.4) is 0 Å². The van der Waals surface area contributed by atoms with Gasteiger partial charge in [-0.25, -0.2) is 4.98 Å². The van der Waals surface area contributed by atoms with E-state index in [1.165, 1.54) is 131 Å². The van der Waals surface area contributed by atoms with E-state index in [-0.39, 0.29) is 5.41 Å². The van der Waals surface area contributed by atoms with Crippen LogP contribution in [0.25, 0.3) is 40.5 Å². The fraction of sp³-hybridized carbons (Fsp3) is 0.469. The Bertz CT molecular complexity index is 2240. The Labute approximate surface area is 420 Å². The molecule has 69 heavy (non-hydrogen) atoms. The van der Waals surface area contributed by atoms with Gasteiger partial charge in [0.2, 0.25) is 0 Å². The minimum absolute atomic E-state index is 0.0809. The van der Waals surface area contributed by atoms with Crippen molar-refractivity contribution in [2.24, 2.45) is 0 Å². The number of unbranched alkanes of at least 4 members (excludes halogenated alkanes) is 15. The summed E-state index contributed by atoms with van der Waals surface area (Å²) >= 11 is 0. The SMILES string of the molecule is C=Cc1ccc(-c2c(N)ncc(-c3ccc(/C=C\CCCNCCCCNC(=C)CCCCCCCCCCC/C=C\CCCCC/C=C\c4cc(C(C)(C)C)c(C)cc4C#N)cc3)c2CC)cc1. The first-order valence-corrected chi connectivity index (χ1v) is 26.8. The van der Waals surface area contributed by atoms with Gasteiger partial charge in [-0.3, -0.25) is 0 Å². The van der Waals surface area contributed by atoms with Crippen molar-refractivity contribution in [1.29, 1.82) is 5.26 Å². The summed E-state index contributed by atoms with van der Waals surface area (Å²) in [6.07, 6.45) is 43.4. The molecule has 0 bridgehead atoms. The molecule has 3 aromatic carbocycles. The van der Waals surface area contributed by atoms with E-state index < -0.39 is 0 Å². The molecule has 1 heterocycles. The zero-order valence-electron chi connectivity index (χ0n) is 43.7. The smallest absolute Gasteiger partial charge is 0.131 e. The number of anilines is 1. The number of rotatable bonds is 34. The number of benzene rings is 3. The lowest BCUT2D eigenvalue weighted by Gasteiger charge is -2.22. The molecular weight excluding hydrogens is 839 g/mol. The van der Waals surface area contributed by atoms with Crippen molar-refractivity contribution in [2.75, 3.05) is 25.4 Å². The van der Waals surface area contributed by atoms with Crippen LogP contribution >= 0.6 is 0 Å². The molecule has 370 valence electrons. The number of nitrogens with two attached hydrogens (primary N) is 1. The highest BCUT2D eigenvalue weighted by molar-refractivity contribution is 5.84. The zero-order chi connectivity index (χ0) is 49.5. The molecule has 1 aromatic heterocycles. The lowest BCUT2D eigenvalue weighted by molar-refractivity contribution is 0.552. The average Bonchev–Trinajstić information content (AvgIpc) is 3.35. The van der Waals surface area contributed by atoms with E-state index in [0.29, 0.717) is 5.82 Å². The molecule has 0 saturated carbocycles. The van der Waals surface area contributed by atoms with Crippen LogP contribution in [0, 0.1) is 18.3 Å². The fourth-order valence-corrected chi connectivity index (χ4v) is 9.23. The van der Waals surface area contributed by atoms with E-state index in [2.05, 4.69) is 161 Å². The molecule has 4 aromatic rings. The van der Waals surface area contributed by atoms with E-state index in [9.17, 15) is 5.26 Å². The van der Waals surface area contributed by atoms with Crippen LogP contribution in [0.1, 0.15) is 195 Å². The largest absolute Gasteiger partial charge is 0.389 e. The third kappa shape index (κ3) is 21.0. The number of pyridine rings is 1. The first-order chi connectivity index (χ1) is 33.5. The van der Waals surface area contributed by atoms with Crippen LogP contribution in [0.5, 0.6) is 0 Å². The zero-order valence-corrected chi connectivity index (χ0v) is 43.7. The molecule has 5 heteroatoms. The van der Waals surface area contributed by atoms with Gasteiger partial charge >= 0.3 is 0 Å². The van der Waals surface area contributed by atoms with Crippen LogP contribution in [0.2, 0.25) is 0 Å². The second kappa shape index (κ2) is 32.4. The van der Waals surface area contributed by atoms with E-state index in [0.717, 1.165) is 90.7 Å². The summed E-state index contributed by atoms with van der Waals surface area (Å²) < 4.78 is 0. The molecule has 0 radical (unpaired) electrons. The minimum atomic E-state index is 0.0809. The summed E-state index contributed by atoms with van der Waals surface area (Å²) in [6.45, 7) is 22.3. The van der Waals surface area contributed by atoms with Gasteiger partial charge in [0.05, 0.1) is 11.6 Å². The average molecular weight is 928 g/mol. The van der Waals surface area contributed by atoms with Crippen LogP contribution in [0.4, 0.5) is 5.82 Å². The Morgan fingerprint density at radius 2 is 1.23 bits per heavy atom. The number of hydrogen-bond acceptors (Lipinski definition) is 5. The second-order valence-corrected chi connectivity index (χ2v) is 20.1. The number of nitrogens with one attached hydrogen (secondary N) is 2. The summed E-state index contributed by atoms with van der Waals surface area (Å²) in [4.78, 5) is 4.59. The number of hydrogen-bond donors (Lipinski definition) is 3. The fourth-order valence-electron chi connectivity index (χ4n) is 9.23. The Morgan fingerprint density at radius 3 is 1.87 bits per heavy atom. The highest BCUT2D eigenvalue weighted by Gasteiger charge is 2.18. The standard InChI is InChI=1S/C64H89N5/c1-8-53-36-42-56(43-37-53)62-59(9-2)60(50-69-63(62)66)55-40-38-54(39-41-55)34-28-26-30-44-67-45-31-32-46-68-52(4)33-27-24-22-20-18-16-14-12-10-11-13-15-17-19-21-23-25-29-35-57-48-61(64(5,6)7)51(3)47-58(57)49-65/h8,13,15,28-29,34-43,47-48,50,67-68H,1,4,9-12,14,16-27,30-33,44-46H2,2-3,5-7H3,(H2,66,69)/b15-13-,34-28-,35-29-.